The topological polar surface area (TPSA) is 36.1 Å². The summed E-state index contributed by atoms with van der Waals surface area (Å²) in [6.07, 6.45) is 3.03. The second kappa shape index (κ2) is 4.99. The predicted molar refractivity (Wildman–Crippen MR) is 79.1 cm³/mol. The van der Waals surface area contributed by atoms with Crippen molar-refractivity contribution in [2.45, 2.75) is 19.3 Å². The van der Waals surface area contributed by atoms with Crippen LogP contribution in [0.2, 0.25) is 5.02 Å². The molecule has 0 saturated carbocycles. The van der Waals surface area contributed by atoms with Crippen LogP contribution in [-0.4, -0.2) is 29.5 Å². The zero-order valence-corrected chi connectivity index (χ0v) is 11.7. The van der Waals surface area contributed by atoms with Gasteiger partial charge in [-0.25, -0.2) is 0 Å². The number of nitrogens with one attached hydrogen (secondary N) is 1. The first-order chi connectivity index (χ1) is 9.19. The first-order valence-corrected chi connectivity index (χ1v) is 7.10. The molecule has 3 rings (SSSR count). The number of likely N-dealkylation sites (tertiary alicyclic amines) is 1. The minimum absolute atomic E-state index is 0.0633. The van der Waals surface area contributed by atoms with Crippen molar-refractivity contribution in [3.8, 4) is 0 Å². The van der Waals surface area contributed by atoms with Crippen molar-refractivity contribution in [3.63, 3.8) is 0 Å². The Morgan fingerprint density at radius 1 is 1.42 bits per heavy atom. The Bertz CT molecular complexity index is 665. The SMILES string of the molecule is CCN1CCC(c2c[nH]c(=O)c3cc(Cl)ccc23)C1. The largest absolute Gasteiger partial charge is 0.328 e. The quantitative estimate of drug-likeness (QED) is 0.915. The fourth-order valence-electron chi connectivity index (χ4n) is 2.97. The molecule has 0 radical (unpaired) electrons. The summed E-state index contributed by atoms with van der Waals surface area (Å²) in [4.78, 5) is 17.2. The lowest BCUT2D eigenvalue weighted by Gasteiger charge is -2.15. The maximum Gasteiger partial charge on any atom is 0.255 e. The highest BCUT2D eigenvalue weighted by molar-refractivity contribution is 6.31. The number of fused-ring (bicyclic) bond motifs is 1. The predicted octanol–water partition coefficient (Wildman–Crippen LogP) is 2.99. The smallest absolute Gasteiger partial charge is 0.255 e. The second-order valence-electron chi connectivity index (χ2n) is 5.14. The van der Waals surface area contributed by atoms with E-state index in [1.165, 1.54) is 5.56 Å². The summed E-state index contributed by atoms with van der Waals surface area (Å²) in [6.45, 7) is 5.48. The van der Waals surface area contributed by atoms with Gasteiger partial charge in [0.2, 0.25) is 0 Å². The molecule has 0 spiro atoms. The van der Waals surface area contributed by atoms with Crippen LogP contribution >= 0.6 is 11.6 Å². The lowest BCUT2D eigenvalue weighted by atomic mass is 9.95. The molecule has 3 nitrogen and oxygen atoms in total. The van der Waals surface area contributed by atoms with Crippen LogP contribution in [0.4, 0.5) is 0 Å². The molecule has 2 heterocycles. The van der Waals surface area contributed by atoms with Crippen molar-refractivity contribution >= 4 is 22.4 Å². The van der Waals surface area contributed by atoms with E-state index in [4.69, 9.17) is 11.6 Å². The highest BCUT2D eigenvalue weighted by atomic mass is 35.5. The van der Waals surface area contributed by atoms with Crippen molar-refractivity contribution in [1.82, 2.24) is 9.88 Å². The molecule has 1 atom stereocenters. The van der Waals surface area contributed by atoms with E-state index in [2.05, 4.69) is 16.8 Å². The van der Waals surface area contributed by atoms with Crippen LogP contribution in [-0.2, 0) is 0 Å². The summed E-state index contributed by atoms with van der Waals surface area (Å²) in [5.74, 6) is 0.500. The van der Waals surface area contributed by atoms with Crippen LogP contribution < -0.4 is 5.56 Å². The molecule has 1 N–H and O–H groups in total. The molecular weight excluding hydrogens is 260 g/mol. The van der Waals surface area contributed by atoms with E-state index in [0.29, 0.717) is 16.3 Å². The van der Waals surface area contributed by atoms with Crippen molar-refractivity contribution in [3.05, 3.63) is 45.3 Å². The Kier molecular flexibility index (Phi) is 3.33. The molecule has 19 heavy (non-hydrogen) atoms. The van der Waals surface area contributed by atoms with Gasteiger partial charge in [-0.05, 0) is 48.5 Å². The highest BCUT2D eigenvalue weighted by Gasteiger charge is 2.24. The number of halogens is 1. The zero-order valence-electron chi connectivity index (χ0n) is 10.9. The van der Waals surface area contributed by atoms with Gasteiger partial charge in [0.15, 0.2) is 0 Å². The van der Waals surface area contributed by atoms with Crippen molar-refractivity contribution in [2.24, 2.45) is 0 Å². The number of likely N-dealkylation sites (N-methyl/N-ethyl adjacent to an activating group) is 1. The van der Waals surface area contributed by atoms with Gasteiger partial charge in [0.1, 0.15) is 0 Å². The van der Waals surface area contributed by atoms with E-state index >= 15 is 0 Å². The van der Waals surface area contributed by atoms with Gasteiger partial charge < -0.3 is 9.88 Å². The second-order valence-corrected chi connectivity index (χ2v) is 5.58. The monoisotopic (exact) mass is 276 g/mol. The molecule has 1 aromatic heterocycles. The molecular formula is C15H17ClN2O. The van der Waals surface area contributed by atoms with Gasteiger partial charge in [0, 0.05) is 23.2 Å². The average Bonchev–Trinajstić information content (AvgIpc) is 2.88. The molecule has 1 unspecified atom stereocenters. The fourth-order valence-corrected chi connectivity index (χ4v) is 3.14. The number of rotatable bonds is 2. The van der Waals surface area contributed by atoms with Gasteiger partial charge >= 0.3 is 0 Å². The van der Waals surface area contributed by atoms with Gasteiger partial charge in [0.25, 0.3) is 5.56 Å². The molecule has 1 aliphatic heterocycles. The van der Waals surface area contributed by atoms with Crippen LogP contribution in [0.1, 0.15) is 24.8 Å². The fraction of sp³-hybridized carbons (Fsp3) is 0.400. The first-order valence-electron chi connectivity index (χ1n) is 6.72. The number of aromatic amines is 1. The normalized spacial score (nSPS) is 20.2. The summed E-state index contributed by atoms with van der Waals surface area (Å²) < 4.78 is 0. The number of nitrogens with zero attached hydrogens (tertiary/aromatic N) is 1. The maximum atomic E-state index is 11.9. The zero-order chi connectivity index (χ0) is 13.4. The third-order valence-electron chi connectivity index (χ3n) is 4.06. The van der Waals surface area contributed by atoms with Crippen LogP contribution in [0.3, 0.4) is 0 Å². The standard InChI is InChI=1S/C15H17ClN2O/c1-2-18-6-5-10(9-18)14-8-17-15(19)13-7-11(16)3-4-12(13)14/h3-4,7-8,10H,2,5-6,9H2,1H3,(H,17,19). The number of hydrogen-bond acceptors (Lipinski definition) is 2. The van der Waals surface area contributed by atoms with E-state index in [0.717, 1.165) is 31.4 Å². The van der Waals surface area contributed by atoms with Crippen molar-refractivity contribution in [1.29, 1.82) is 0 Å². The van der Waals surface area contributed by atoms with Crippen LogP contribution in [0.5, 0.6) is 0 Å². The van der Waals surface area contributed by atoms with Crippen LogP contribution in [0.15, 0.2) is 29.2 Å². The summed E-state index contributed by atoms with van der Waals surface area (Å²) in [5, 5.41) is 2.34. The number of H-pyrrole nitrogens is 1. The molecule has 1 aromatic carbocycles. The summed E-state index contributed by atoms with van der Waals surface area (Å²) in [6, 6.07) is 5.59. The Hall–Kier alpha value is -1.32. The van der Waals surface area contributed by atoms with Gasteiger partial charge in [-0.3, -0.25) is 4.79 Å². The van der Waals surface area contributed by atoms with Crippen LogP contribution in [0, 0.1) is 0 Å². The average molecular weight is 277 g/mol. The molecule has 100 valence electrons. The van der Waals surface area contributed by atoms with E-state index in [9.17, 15) is 4.79 Å². The molecule has 2 aromatic rings. The van der Waals surface area contributed by atoms with E-state index in [-0.39, 0.29) is 5.56 Å². The van der Waals surface area contributed by atoms with Gasteiger partial charge in [0.05, 0.1) is 0 Å². The van der Waals surface area contributed by atoms with Gasteiger partial charge in [-0.15, -0.1) is 0 Å². The third-order valence-corrected chi connectivity index (χ3v) is 4.29. The molecule has 0 bridgehead atoms. The van der Waals surface area contributed by atoms with E-state index in [1.54, 1.807) is 6.07 Å². The first kappa shape index (κ1) is 12.7. The number of hydrogen-bond donors (Lipinski definition) is 1. The Morgan fingerprint density at radius 3 is 3.00 bits per heavy atom. The van der Waals surface area contributed by atoms with Gasteiger partial charge in [-0.2, -0.15) is 0 Å². The highest BCUT2D eigenvalue weighted by Crippen LogP contribution is 2.31. The summed E-state index contributed by atoms with van der Waals surface area (Å²) >= 11 is 5.99. The molecule has 4 heteroatoms. The van der Waals surface area contributed by atoms with Gasteiger partial charge in [-0.1, -0.05) is 24.6 Å². The Morgan fingerprint density at radius 2 is 2.26 bits per heavy atom. The molecule has 1 aliphatic rings. The lowest BCUT2D eigenvalue weighted by molar-refractivity contribution is 0.354. The molecule has 1 fully saturated rings. The minimum atomic E-state index is -0.0633. The molecule has 0 aliphatic carbocycles. The Balaban J connectivity index is 2.10. The van der Waals surface area contributed by atoms with Crippen LogP contribution in [0.25, 0.3) is 10.8 Å². The maximum absolute atomic E-state index is 11.9. The molecule has 0 amide bonds. The lowest BCUT2D eigenvalue weighted by Crippen LogP contribution is -2.19. The third kappa shape index (κ3) is 2.28. The minimum Gasteiger partial charge on any atom is -0.328 e. The number of pyridine rings is 1. The molecule has 1 saturated heterocycles. The summed E-state index contributed by atoms with van der Waals surface area (Å²) in [7, 11) is 0. The Labute approximate surface area is 117 Å². The number of aromatic nitrogens is 1. The van der Waals surface area contributed by atoms with Crippen molar-refractivity contribution < 1.29 is 0 Å². The number of benzene rings is 1. The van der Waals surface area contributed by atoms with Crippen molar-refractivity contribution in [2.75, 3.05) is 19.6 Å². The van der Waals surface area contributed by atoms with E-state index in [1.807, 2.05) is 18.3 Å². The summed E-state index contributed by atoms with van der Waals surface area (Å²) in [5.41, 5.74) is 1.17. The van der Waals surface area contributed by atoms with E-state index < -0.39 is 0 Å².